The summed E-state index contributed by atoms with van der Waals surface area (Å²) in [7, 11) is 0. The van der Waals surface area contributed by atoms with Crippen molar-refractivity contribution in [2.24, 2.45) is 0 Å². The first-order valence-corrected chi connectivity index (χ1v) is 5.39. The van der Waals surface area contributed by atoms with E-state index in [1.54, 1.807) is 6.92 Å². The minimum atomic E-state index is -0.592. The normalized spacial score (nSPS) is 12.2. The number of nitrogens with zero attached hydrogens (tertiary/aromatic N) is 1. The average Bonchev–Trinajstić information content (AvgIpc) is 2.35. The van der Waals surface area contributed by atoms with E-state index < -0.39 is 23.6 Å². The predicted octanol–water partition coefficient (Wildman–Crippen LogP) is 3.67. The molecule has 1 aromatic carbocycles. The molecular formula is C13H11F3N2. The molecule has 0 aliphatic rings. The van der Waals surface area contributed by atoms with E-state index in [-0.39, 0.29) is 5.56 Å². The molecule has 1 aromatic heterocycles. The van der Waals surface area contributed by atoms with Crippen LogP contribution in [0.2, 0.25) is 0 Å². The highest BCUT2D eigenvalue weighted by Gasteiger charge is 2.12. The third kappa shape index (κ3) is 2.80. The van der Waals surface area contributed by atoms with Crippen LogP contribution < -0.4 is 5.32 Å². The highest BCUT2D eigenvalue weighted by molar-refractivity contribution is 5.43. The van der Waals surface area contributed by atoms with Crippen LogP contribution in [0.3, 0.4) is 0 Å². The smallest absolute Gasteiger partial charge is 0.212 e. The molecule has 0 saturated heterocycles. The number of hydrogen-bond acceptors (Lipinski definition) is 2. The number of pyridine rings is 1. The largest absolute Gasteiger partial charge is 0.377 e. The molecule has 18 heavy (non-hydrogen) atoms. The number of benzene rings is 1. The Morgan fingerprint density at radius 2 is 1.89 bits per heavy atom. The first-order valence-electron chi connectivity index (χ1n) is 5.39. The number of rotatable bonds is 3. The van der Waals surface area contributed by atoms with Crippen molar-refractivity contribution in [2.45, 2.75) is 13.0 Å². The lowest BCUT2D eigenvalue weighted by molar-refractivity contribution is 0.576. The molecule has 0 fully saturated rings. The second kappa shape index (κ2) is 5.08. The van der Waals surface area contributed by atoms with E-state index in [0.717, 1.165) is 18.2 Å². The van der Waals surface area contributed by atoms with Crippen LogP contribution in [0.5, 0.6) is 0 Å². The van der Waals surface area contributed by atoms with Gasteiger partial charge in [-0.25, -0.2) is 13.8 Å². The molecule has 0 aliphatic carbocycles. The summed E-state index contributed by atoms with van der Waals surface area (Å²) >= 11 is 0. The number of aromatic nitrogens is 1. The Labute approximate surface area is 102 Å². The Balaban J connectivity index is 2.18. The molecule has 94 valence electrons. The Hall–Kier alpha value is -2.04. The molecule has 5 heteroatoms. The molecule has 1 atom stereocenters. The van der Waals surface area contributed by atoms with Crippen LogP contribution in [-0.2, 0) is 0 Å². The van der Waals surface area contributed by atoms with E-state index in [4.69, 9.17) is 0 Å². The monoisotopic (exact) mass is 252 g/mol. The quantitative estimate of drug-likeness (QED) is 0.843. The van der Waals surface area contributed by atoms with Gasteiger partial charge in [-0.3, -0.25) is 0 Å². The molecule has 0 spiro atoms. The maximum Gasteiger partial charge on any atom is 0.212 e. The summed E-state index contributed by atoms with van der Waals surface area (Å²) < 4.78 is 39.2. The zero-order chi connectivity index (χ0) is 13.1. The number of anilines is 1. The van der Waals surface area contributed by atoms with Crippen molar-refractivity contribution in [1.82, 2.24) is 4.98 Å². The van der Waals surface area contributed by atoms with Gasteiger partial charge in [-0.05, 0) is 37.3 Å². The highest BCUT2D eigenvalue weighted by Crippen LogP contribution is 2.22. The van der Waals surface area contributed by atoms with Crippen LogP contribution in [-0.4, -0.2) is 4.98 Å². The minimum Gasteiger partial charge on any atom is -0.377 e. The van der Waals surface area contributed by atoms with Crippen molar-refractivity contribution in [3.8, 4) is 0 Å². The van der Waals surface area contributed by atoms with Gasteiger partial charge >= 0.3 is 0 Å². The van der Waals surface area contributed by atoms with Crippen molar-refractivity contribution >= 4 is 5.69 Å². The van der Waals surface area contributed by atoms with Gasteiger partial charge in [0.25, 0.3) is 0 Å². The maximum atomic E-state index is 13.5. The number of halogens is 3. The Bertz CT molecular complexity index is 540. The first kappa shape index (κ1) is 12.4. The van der Waals surface area contributed by atoms with Crippen molar-refractivity contribution in [3.63, 3.8) is 0 Å². The Morgan fingerprint density at radius 1 is 1.11 bits per heavy atom. The molecule has 1 heterocycles. The zero-order valence-electron chi connectivity index (χ0n) is 9.62. The van der Waals surface area contributed by atoms with Crippen molar-refractivity contribution < 1.29 is 13.2 Å². The molecule has 0 saturated carbocycles. The summed E-state index contributed by atoms with van der Waals surface area (Å²) in [5.41, 5.74) is 0.742. The third-order valence-corrected chi connectivity index (χ3v) is 2.54. The van der Waals surface area contributed by atoms with Gasteiger partial charge in [0, 0.05) is 5.56 Å². The molecule has 0 radical (unpaired) electrons. The molecule has 0 aliphatic heterocycles. The molecule has 2 rings (SSSR count). The highest BCUT2D eigenvalue weighted by atomic mass is 19.1. The average molecular weight is 252 g/mol. The van der Waals surface area contributed by atoms with E-state index in [0.29, 0.717) is 5.69 Å². The zero-order valence-corrected chi connectivity index (χ0v) is 9.62. The van der Waals surface area contributed by atoms with Gasteiger partial charge in [0.1, 0.15) is 11.6 Å². The summed E-state index contributed by atoms with van der Waals surface area (Å²) in [6.45, 7) is 1.68. The van der Waals surface area contributed by atoms with Crippen molar-refractivity contribution in [1.29, 1.82) is 0 Å². The summed E-state index contributed by atoms with van der Waals surface area (Å²) in [6, 6.07) is 5.49. The summed E-state index contributed by atoms with van der Waals surface area (Å²) in [5.74, 6) is -1.59. The van der Waals surface area contributed by atoms with Gasteiger partial charge in [-0.15, -0.1) is 0 Å². The summed E-state index contributed by atoms with van der Waals surface area (Å²) in [6.07, 6.45) is 1.29. The minimum absolute atomic E-state index is 0.208. The molecule has 0 amide bonds. The van der Waals surface area contributed by atoms with Gasteiger partial charge in [-0.1, -0.05) is 0 Å². The lowest BCUT2D eigenvalue weighted by Crippen LogP contribution is -2.09. The summed E-state index contributed by atoms with van der Waals surface area (Å²) in [5, 5.41) is 2.92. The van der Waals surface area contributed by atoms with Crippen LogP contribution in [0, 0.1) is 17.6 Å². The van der Waals surface area contributed by atoms with Gasteiger partial charge in [0.15, 0.2) is 0 Å². The lowest BCUT2D eigenvalue weighted by atomic mass is 10.1. The first-order chi connectivity index (χ1) is 8.56. The number of nitrogens with one attached hydrogen (secondary N) is 1. The molecule has 0 bridgehead atoms. The van der Waals surface area contributed by atoms with Gasteiger partial charge in [0.05, 0.1) is 17.9 Å². The maximum absolute atomic E-state index is 13.5. The third-order valence-electron chi connectivity index (χ3n) is 2.54. The number of hydrogen-bond donors (Lipinski definition) is 1. The fourth-order valence-corrected chi connectivity index (χ4v) is 1.64. The van der Waals surface area contributed by atoms with Crippen molar-refractivity contribution in [3.05, 3.63) is 59.7 Å². The molecule has 1 unspecified atom stereocenters. The Kier molecular flexibility index (Phi) is 3.50. The van der Waals surface area contributed by atoms with Crippen LogP contribution in [0.15, 0.2) is 36.5 Å². The fourth-order valence-electron chi connectivity index (χ4n) is 1.64. The van der Waals surface area contributed by atoms with Gasteiger partial charge in [0.2, 0.25) is 5.95 Å². The van der Waals surface area contributed by atoms with Crippen molar-refractivity contribution in [2.75, 3.05) is 5.32 Å². The fraction of sp³-hybridized carbons (Fsp3) is 0.154. The van der Waals surface area contributed by atoms with E-state index in [2.05, 4.69) is 10.3 Å². The lowest BCUT2D eigenvalue weighted by Gasteiger charge is -2.16. The predicted molar refractivity (Wildman–Crippen MR) is 62.6 cm³/mol. The van der Waals surface area contributed by atoms with Crippen LogP contribution in [0.25, 0.3) is 0 Å². The van der Waals surface area contributed by atoms with E-state index in [9.17, 15) is 13.2 Å². The molecule has 1 N–H and O–H groups in total. The molecule has 2 nitrogen and oxygen atoms in total. The standard InChI is InChI=1S/C13H11F3N2/c1-8(11-6-9(14)2-4-12(11)15)18-10-3-5-13(16)17-7-10/h2-8,18H,1H3. The topological polar surface area (TPSA) is 24.9 Å². The van der Waals surface area contributed by atoms with Gasteiger partial charge < -0.3 is 5.32 Å². The van der Waals surface area contributed by atoms with Crippen LogP contribution in [0.4, 0.5) is 18.9 Å². The Morgan fingerprint density at radius 3 is 2.56 bits per heavy atom. The van der Waals surface area contributed by atoms with E-state index in [1.165, 1.54) is 18.3 Å². The van der Waals surface area contributed by atoms with Gasteiger partial charge in [-0.2, -0.15) is 4.39 Å². The van der Waals surface area contributed by atoms with Crippen LogP contribution >= 0.6 is 0 Å². The van der Waals surface area contributed by atoms with E-state index in [1.807, 2.05) is 0 Å². The van der Waals surface area contributed by atoms with E-state index >= 15 is 0 Å². The summed E-state index contributed by atoms with van der Waals surface area (Å²) in [4.78, 5) is 3.47. The molecule has 2 aromatic rings. The SMILES string of the molecule is CC(Nc1ccc(F)nc1)c1cc(F)ccc1F. The second-order valence-corrected chi connectivity index (χ2v) is 3.90. The van der Waals surface area contributed by atoms with Crippen LogP contribution in [0.1, 0.15) is 18.5 Å². The molecular weight excluding hydrogens is 241 g/mol. The second-order valence-electron chi connectivity index (χ2n) is 3.90.